The second kappa shape index (κ2) is 6.85. The van der Waals surface area contributed by atoms with E-state index in [1.807, 2.05) is 0 Å². The zero-order valence-electron chi connectivity index (χ0n) is 12.1. The van der Waals surface area contributed by atoms with Gasteiger partial charge in [-0.25, -0.2) is 4.39 Å². The molecule has 0 spiro atoms. The monoisotopic (exact) mass is 300 g/mol. The van der Waals surface area contributed by atoms with Crippen LogP contribution in [0, 0.1) is 5.82 Å². The highest BCUT2D eigenvalue weighted by Crippen LogP contribution is 2.19. The molecule has 1 heterocycles. The molecule has 0 unspecified atom stereocenters. The molecule has 1 aliphatic heterocycles. The Bertz CT molecular complexity index is 447. The maximum Gasteiger partial charge on any atom is 0.146 e. The van der Waals surface area contributed by atoms with Crippen LogP contribution in [0.3, 0.4) is 0 Å². The van der Waals surface area contributed by atoms with Crippen molar-refractivity contribution in [3.8, 4) is 0 Å². The van der Waals surface area contributed by atoms with Crippen LogP contribution in [-0.2, 0) is 11.3 Å². The molecule has 2 rings (SSSR count). The molecule has 20 heavy (non-hydrogen) atoms. The van der Waals surface area contributed by atoms with Gasteiger partial charge in [0.2, 0.25) is 0 Å². The highest BCUT2D eigenvalue weighted by Gasteiger charge is 2.27. The Hall–Kier alpha value is -0.680. The number of hydrogen-bond donors (Lipinski definition) is 1. The van der Waals surface area contributed by atoms with Crippen LogP contribution in [0.2, 0.25) is 5.02 Å². The zero-order valence-corrected chi connectivity index (χ0v) is 12.8. The molecule has 0 aliphatic carbocycles. The predicted octanol–water partition coefficient (Wildman–Crippen LogP) is 2.68. The topological polar surface area (TPSA) is 24.5 Å². The van der Waals surface area contributed by atoms with Gasteiger partial charge < -0.3 is 10.1 Å². The van der Waals surface area contributed by atoms with E-state index in [0.29, 0.717) is 12.1 Å². The Morgan fingerprint density at radius 1 is 1.35 bits per heavy atom. The first-order chi connectivity index (χ1) is 9.50. The van der Waals surface area contributed by atoms with Crippen molar-refractivity contribution in [1.82, 2.24) is 10.2 Å². The number of nitrogens with one attached hydrogen (secondary N) is 1. The van der Waals surface area contributed by atoms with Crippen LogP contribution in [-0.4, -0.2) is 43.3 Å². The molecule has 0 radical (unpaired) electrons. The molecule has 0 saturated carbocycles. The molecule has 0 atom stereocenters. The van der Waals surface area contributed by atoms with Gasteiger partial charge in [0.15, 0.2) is 0 Å². The van der Waals surface area contributed by atoms with Crippen molar-refractivity contribution in [3.05, 3.63) is 34.6 Å². The normalized spacial score (nSPS) is 17.4. The summed E-state index contributed by atoms with van der Waals surface area (Å²) in [4.78, 5) is 2.40. The first-order valence-electron chi connectivity index (χ1n) is 6.97. The summed E-state index contributed by atoms with van der Waals surface area (Å²) in [5, 5.41) is 3.50. The zero-order chi connectivity index (χ0) is 14.6. The molecule has 0 bridgehead atoms. The Balaban J connectivity index is 1.86. The van der Waals surface area contributed by atoms with Gasteiger partial charge >= 0.3 is 0 Å². The summed E-state index contributed by atoms with van der Waals surface area (Å²) in [5.74, 6) is -0.328. The molecule has 0 aromatic heterocycles. The fourth-order valence-corrected chi connectivity index (χ4v) is 2.66. The fourth-order valence-electron chi connectivity index (χ4n) is 2.47. The van der Waals surface area contributed by atoms with E-state index >= 15 is 0 Å². The Morgan fingerprint density at radius 2 is 2.05 bits per heavy atom. The summed E-state index contributed by atoms with van der Waals surface area (Å²) in [6.45, 7) is 9.12. The van der Waals surface area contributed by atoms with E-state index < -0.39 is 0 Å². The van der Waals surface area contributed by atoms with Crippen LogP contribution in [0.25, 0.3) is 0 Å². The summed E-state index contributed by atoms with van der Waals surface area (Å²) < 4.78 is 19.1. The molecule has 5 heteroatoms. The minimum atomic E-state index is -0.328. The number of morpholine rings is 1. The van der Waals surface area contributed by atoms with E-state index in [9.17, 15) is 4.39 Å². The Labute approximate surface area is 125 Å². The highest BCUT2D eigenvalue weighted by atomic mass is 35.5. The summed E-state index contributed by atoms with van der Waals surface area (Å²) in [5.41, 5.74) is 0.633. The van der Waals surface area contributed by atoms with E-state index in [0.717, 1.165) is 32.8 Å². The van der Waals surface area contributed by atoms with Crippen LogP contribution < -0.4 is 5.32 Å². The molecule has 3 nitrogen and oxygen atoms in total. The number of rotatable bonds is 5. The summed E-state index contributed by atoms with van der Waals surface area (Å²) in [7, 11) is 0. The Morgan fingerprint density at radius 3 is 2.75 bits per heavy atom. The second-order valence-electron chi connectivity index (χ2n) is 5.73. The lowest BCUT2D eigenvalue weighted by molar-refractivity contribution is -0.00968. The van der Waals surface area contributed by atoms with E-state index in [4.69, 9.17) is 16.3 Å². The SMILES string of the molecule is CC(C)(CNCc1cccc(Cl)c1F)N1CCOCC1. The molecule has 0 amide bonds. The molecule has 1 N–H and O–H groups in total. The quantitative estimate of drug-likeness (QED) is 0.905. The molecule has 1 aromatic carbocycles. The number of halogens is 2. The van der Waals surface area contributed by atoms with Gasteiger partial charge in [-0.05, 0) is 19.9 Å². The maximum atomic E-state index is 13.8. The average molecular weight is 301 g/mol. The molecule has 1 fully saturated rings. The lowest BCUT2D eigenvalue weighted by Gasteiger charge is -2.41. The molecule has 1 aliphatic rings. The molecule has 112 valence electrons. The van der Waals surface area contributed by atoms with Gasteiger partial charge in [-0.15, -0.1) is 0 Å². The van der Waals surface area contributed by atoms with E-state index in [2.05, 4.69) is 24.1 Å². The van der Waals surface area contributed by atoms with Crippen LogP contribution >= 0.6 is 11.6 Å². The number of ether oxygens (including phenoxy) is 1. The van der Waals surface area contributed by atoms with Crippen LogP contribution in [0.5, 0.6) is 0 Å². The smallest absolute Gasteiger partial charge is 0.146 e. The Kier molecular flexibility index (Phi) is 5.38. The lowest BCUT2D eigenvalue weighted by Crippen LogP contribution is -2.54. The first-order valence-corrected chi connectivity index (χ1v) is 7.35. The summed E-state index contributed by atoms with van der Waals surface area (Å²) in [6, 6.07) is 5.10. The molecule has 1 aromatic rings. The average Bonchev–Trinajstić information content (AvgIpc) is 2.44. The second-order valence-corrected chi connectivity index (χ2v) is 6.14. The van der Waals surface area contributed by atoms with Crippen molar-refractivity contribution in [1.29, 1.82) is 0 Å². The van der Waals surface area contributed by atoms with E-state index in [1.165, 1.54) is 0 Å². The third kappa shape index (κ3) is 3.92. The van der Waals surface area contributed by atoms with Crippen molar-refractivity contribution >= 4 is 11.6 Å². The van der Waals surface area contributed by atoms with Gasteiger partial charge in [-0.1, -0.05) is 23.7 Å². The van der Waals surface area contributed by atoms with Crippen LogP contribution in [0.15, 0.2) is 18.2 Å². The predicted molar refractivity (Wildman–Crippen MR) is 79.6 cm³/mol. The van der Waals surface area contributed by atoms with Gasteiger partial charge in [0.05, 0.1) is 18.2 Å². The van der Waals surface area contributed by atoms with Gasteiger partial charge in [0, 0.05) is 37.3 Å². The third-order valence-electron chi connectivity index (χ3n) is 3.77. The standard InChI is InChI=1S/C15H22ClFN2O/c1-15(2,19-6-8-20-9-7-19)11-18-10-12-4-3-5-13(16)14(12)17/h3-5,18H,6-11H2,1-2H3. The number of benzene rings is 1. The number of nitrogens with zero attached hydrogens (tertiary/aromatic N) is 1. The van der Waals surface area contributed by atoms with Gasteiger partial charge in [0.25, 0.3) is 0 Å². The van der Waals surface area contributed by atoms with E-state index in [-0.39, 0.29) is 16.4 Å². The van der Waals surface area contributed by atoms with E-state index in [1.54, 1.807) is 18.2 Å². The highest BCUT2D eigenvalue weighted by molar-refractivity contribution is 6.30. The lowest BCUT2D eigenvalue weighted by atomic mass is 10.0. The van der Waals surface area contributed by atoms with Crippen molar-refractivity contribution in [3.63, 3.8) is 0 Å². The third-order valence-corrected chi connectivity index (χ3v) is 4.06. The van der Waals surface area contributed by atoms with Gasteiger partial charge in [-0.2, -0.15) is 0 Å². The summed E-state index contributed by atoms with van der Waals surface area (Å²) >= 11 is 5.78. The molecular formula is C15H22ClFN2O. The van der Waals surface area contributed by atoms with Crippen LogP contribution in [0.1, 0.15) is 19.4 Å². The minimum absolute atomic E-state index is 0.0266. The van der Waals surface area contributed by atoms with Crippen molar-refractivity contribution in [2.45, 2.75) is 25.9 Å². The van der Waals surface area contributed by atoms with Gasteiger partial charge in [0.1, 0.15) is 5.82 Å². The van der Waals surface area contributed by atoms with Crippen molar-refractivity contribution in [2.75, 3.05) is 32.8 Å². The number of hydrogen-bond acceptors (Lipinski definition) is 3. The fraction of sp³-hybridized carbons (Fsp3) is 0.600. The summed E-state index contributed by atoms with van der Waals surface area (Å²) in [6.07, 6.45) is 0. The first kappa shape index (κ1) is 15.7. The van der Waals surface area contributed by atoms with Crippen molar-refractivity contribution < 1.29 is 9.13 Å². The van der Waals surface area contributed by atoms with Crippen molar-refractivity contribution in [2.24, 2.45) is 0 Å². The van der Waals surface area contributed by atoms with Gasteiger partial charge in [-0.3, -0.25) is 4.90 Å². The minimum Gasteiger partial charge on any atom is -0.379 e. The molecule has 1 saturated heterocycles. The maximum absolute atomic E-state index is 13.8. The molecular weight excluding hydrogens is 279 g/mol. The van der Waals surface area contributed by atoms with Crippen LogP contribution in [0.4, 0.5) is 4.39 Å². The largest absolute Gasteiger partial charge is 0.379 e.